The van der Waals surface area contributed by atoms with E-state index in [2.05, 4.69) is 40.7 Å². The Kier molecular flexibility index (Phi) is 4.96. The Bertz CT molecular complexity index is 481. The lowest BCUT2D eigenvalue weighted by Crippen LogP contribution is -2.56. The van der Waals surface area contributed by atoms with E-state index in [0.29, 0.717) is 11.1 Å². The van der Waals surface area contributed by atoms with Crippen LogP contribution < -0.4 is 0 Å². The van der Waals surface area contributed by atoms with Gasteiger partial charge in [0.1, 0.15) is 0 Å². The summed E-state index contributed by atoms with van der Waals surface area (Å²) in [6.45, 7) is 1.83. The summed E-state index contributed by atoms with van der Waals surface area (Å²) in [6.07, 6.45) is 5.43. The number of carbonyl (C=O) groups is 1. The van der Waals surface area contributed by atoms with Crippen molar-refractivity contribution in [1.82, 2.24) is 14.8 Å². The zero-order chi connectivity index (χ0) is 15.5. The average molecular weight is 291 g/mol. The molecule has 0 N–H and O–H groups in total. The average Bonchev–Trinajstić information content (AvgIpc) is 2.42. The molecule has 1 aromatic rings. The van der Waals surface area contributed by atoms with E-state index in [9.17, 15) is 4.79 Å². The van der Waals surface area contributed by atoms with Crippen molar-refractivity contribution in [3.05, 3.63) is 29.6 Å². The number of rotatable bonds is 6. The van der Waals surface area contributed by atoms with E-state index in [1.54, 1.807) is 12.3 Å². The van der Waals surface area contributed by atoms with Gasteiger partial charge in [0.25, 0.3) is 0 Å². The topological polar surface area (TPSA) is 45.7 Å². The maximum absolute atomic E-state index is 11.4. The van der Waals surface area contributed by atoms with Crippen LogP contribution in [0.3, 0.4) is 0 Å². The van der Waals surface area contributed by atoms with Crippen molar-refractivity contribution in [2.45, 2.75) is 31.3 Å². The molecule has 0 unspecified atom stereocenters. The van der Waals surface area contributed by atoms with Gasteiger partial charge >= 0.3 is 5.97 Å². The van der Waals surface area contributed by atoms with Crippen LogP contribution in [0.1, 0.15) is 35.3 Å². The van der Waals surface area contributed by atoms with Crippen molar-refractivity contribution in [3.8, 4) is 0 Å². The molecule has 5 heteroatoms. The minimum absolute atomic E-state index is 0.320. The molecule has 0 saturated heterocycles. The van der Waals surface area contributed by atoms with E-state index in [-0.39, 0.29) is 5.97 Å². The molecule has 21 heavy (non-hydrogen) atoms. The number of hydrogen-bond donors (Lipinski definition) is 0. The lowest BCUT2D eigenvalue weighted by Gasteiger charge is -2.49. The lowest BCUT2D eigenvalue weighted by atomic mass is 9.75. The summed E-state index contributed by atoms with van der Waals surface area (Å²) in [5.41, 5.74) is 1.78. The van der Waals surface area contributed by atoms with Gasteiger partial charge in [0, 0.05) is 24.8 Å². The van der Waals surface area contributed by atoms with Gasteiger partial charge in [0.2, 0.25) is 0 Å². The van der Waals surface area contributed by atoms with Gasteiger partial charge < -0.3 is 9.64 Å². The summed E-state index contributed by atoms with van der Waals surface area (Å²) in [7, 11) is 7.83. The van der Waals surface area contributed by atoms with Crippen LogP contribution in [0.15, 0.2) is 18.3 Å². The monoisotopic (exact) mass is 291 g/mol. The Labute approximate surface area is 126 Å². The molecule has 116 valence electrons. The fourth-order valence-electron chi connectivity index (χ4n) is 2.92. The molecule has 1 saturated carbocycles. The zero-order valence-electron chi connectivity index (χ0n) is 13.4. The fourth-order valence-corrected chi connectivity index (χ4v) is 2.92. The first kappa shape index (κ1) is 15.9. The summed E-state index contributed by atoms with van der Waals surface area (Å²) < 4.78 is 4.68. The minimum atomic E-state index is -0.344. The molecule has 1 aliphatic carbocycles. The van der Waals surface area contributed by atoms with Crippen LogP contribution >= 0.6 is 0 Å². The molecule has 5 nitrogen and oxygen atoms in total. The van der Waals surface area contributed by atoms with Crippen molar-refractivity contribution in [2.24, 2.45) is 0 Å². The van der Waals surface area contributed by atoms with Crippen LogP contribution in [-0.4, -0.2) is 61.1 Å². The number of pyridine rings is 1. The van der Waals surface area contributed by atoms with Crippen LogP contribution in [0, 0.1) is 0 Å². The molecule has 0 aromatic carbocycles. The molecule has 1 heterocycles. The largest absolute Gasteiger partial charge is 0.465 e. The first-order chi connectivity index (χ1) is 9.97. The second-order valence-corrected chi connectivity index (χ2v) is 6.17. The molecule has 0 atom stereocenters. The second-order valence-electron chi connectivity index (χ2n) is 6.17. The molecular weight excluding hydrogens is 266 g/mol. The highest BCUT2D eigenvalue weighted by atomic mass is 16.5. The molecule has 0 amide bonds. The molecule has 1 aliphatic rings. The summed E-state index contributed by atoms with van der Waals surface area (Å²) in [4.78, 5) is 20.4. The first-order valence-electron chi connectivity index (χ1n) is 7.36. The highest BCUT2D eigenvalue weighted by Gasteiger charge is 2.39. The van der Waals surface area contributed by atoms with E-state index in [0.717, 1.165) is 18.8 Å². The quantitative estimate of drug-likeness (QED) is 0.748. The van der Waals surface area contributed by atoms with Gasteiger partial charge in [0.05, 0.1) is 18.4 Å². The third-order valence-electron chi connectivity index (χ3n) is 4.47. The third kappa shape index (κ3) is 3.60. The van der Waals surface area contributed by atoms with Crippen LogP contribution in [0.4, 0.5) is 0 Å². The Morgan fingerprint density at radius 1 is 1.33 bits per heavy atom. The van der Waals surface area contributed by atoms with Gasteiger partial charge in [0.15, 0.2) is 0 Å². The number of carbonyl (C=O) groups excluding carboxylic acids is 1. The summed E-state index contributed by atoms with van der Waals surface area (Å²) in [6, 6.07) is 3.67. The molecule has 0 bridgehead atoms. The zero-order valence-corrected chi connectivity index (χ0v) is 13.4. The van der Waals surface area contributed by atoms with Gasteiger partial charge in [-0.2, -0.15) is 0 Å². The van der Waals surface area contributed by atoms with Gasteiger partial charge in [-0.15, -0.1) is 0 Å². The summed E-state index contributed by atoms with van der Waals surface area (Å²) in [5.74, 6) is -0.344. The van der Waals surface area contributed by atoms with E-state index < -0.39 is 0 Å². The van der Waals surface area contributed by atoms with E-state index >= 15 is 0 Å². The SMILES string of the molecule is COC(=O)c1ccc(CN(C)CC2(N(C)C)CCC2)nc1. The summed E-state index contributed by atoms with van der Waals surface area (Å²) >= 11 is 0. The number of hydrogen-bond acceptors (Lipinski definition) is 5. The van der Waals surface area contributed by atoms with Crippen LogP contribution in [0.25, 0.3) is 0 Å². The number of aromatic nitrogens is 1. The van der Waals surface area contributed by atoms with Gasteiger partial charge in [-0.25, -0.2) is 4.79 Å². The van der Waals surface area contributed by atoms with E-state index in [1.807, 2.05) is 6.07 Å². The molecule has 0 spiro atoms. The number of likely N-dealkylation sites (N-methyl/N-ethyl adjacent to an activating group) is 2. The van der Waals surface area contributed by atoms with Crippen molar-refractivity contribution in [2.75, 3.05) is 34.8 Å². The number of nitrogens with zero attached hydrogens (tertiary/aromatic N) is 3. The normalized spacial score (nSPS) is 16.9. The van der Waals surface area contributed by atoms with Gasteiger partial charge in [-0.05, 0) is 52.5 Å². The van der Waals surface area contributed by atoms with Crippen LogP contribution in [-0.2, 0) is 11.3 Å². The maximum Gasteiger partial charge on any atom is 0.339 e. The number of methoxy groups -OCH3 is 1. The first-order valence-corrected chi connectivity index (χ1v) is 7.36. The predicted molar refractivity (Wildman–Crippen MR) is 82.2 cm³/mol. The third-order valence-corrected chi connectivity index (χ3v) is 4.47. The molecule has 1 aromatic heterocycles. The highest BCUT2D eigenvalue weighted by Crippen LogP contribution is 2.36. The molecule has 0 aliphatic heterocycles. The van der Waals surface area contributed by atoms with Crippen LogP contribution in [0.2, 0.25) is 0 Å². The smallest absolute Gasteiger partial charge is 0.339 e. The van der Waals surface area contributed by atoms with Crippen molar-refractivity contribution >= 4 is 5.97 Å². The Hall–Kier alpha value is -1.46. The predicted octanol–water partition coefficient (Wildman–Crippen LogP) is 1.78. The van der Waals surface area contributed by atoms with Crippen molar-refractivity contribution < 1.29 is 9.53 Å². The van der Waals surface area contributed by atoms with Gasteiger partial charge in [-0.3, -0.25) is 9.88 Å². The molecule has 1 fully saturated rings. The van der Waals surface area contributed by atoms with E-state index in [4.69, 9.17) is 0 Å². The highest BCUT2D eigenvalue weighted by molar-refractivity contribution is 5.88. The second kappa shape index (κ2) is 6.54. The molecular formula is C16H25N3O2. The standard InChI is InChI=1S/C16H25N3O2/c1-18(2)16(8-5-9-16)12-19(3)11-14-7-6-13(10-17-14)15(20)21-4/h6-7,10H,5,8-9,11-12H2,1-4H3. The van der Waals surface area contributed by atoms with Crippen molar-refractivity contribution in [1.29, 1.82) is 0 Å². The van der Waals surface area contributed by atoms with E-state index in [1.165, 1.54) is 26.4 Å². The molecule has 2 rings (SSSR count). The number of esters is 1. The Balaban J connectivity index is 1.93. The van der Waals surface area contributed by atoms with Crippen molar-refractivity contribution in [3.63, 3.8) is 0 Å². The Morgan fingerprint density at radius 3 is 2.48 bits per heavy atom. The maximum atomic E-state index is 11.4. The minimum Gasteiger partial charge on any atom is -0.465 e. The lowest BCUT2D eigenvalue weighted by molar-refractivity contribution is 0.0256. The van der Waals surface area contributed by atoms with Gasteiger partial charge in [-0.1, -0.05) is 0 Å². The Morgan fingerprint density at radius 2 is 2.05 bits per heavy atom. The van der Waals surface area contributed by atoms with Crippen LogP contribution in [0.5, 0.6) is 0 Å². The molecule has 0 radical (unpaired) electrons. The number of ether oxygens (including phenoxy) is 1. The summed E-state index contributed by atoms with van der Waals surface area (Å²) in [5, 5.41) is 0. The fraction of sp³-hybridized carbons (Fsp3) is 0.625.